The van der Waals surface area contributed by atoms with Crippen LogP contribution in [0, 0.1) is 5.41 Å². The summed E-state index contributed by atoms with van der Waals surface area (Å²) in [5.41, 5.74) is 8.67. The van der Waals surface area contributed by atoms with Crippen molar-refractivity contribution in [3.63, 3.8) is 0 Å². The van der Waals surface area contributed by atoms with Gasteiger partial charge in [0.1, 0.15) is 0 Å². The SMILES string of the molecule is [N-]=[N+]=NCC1CC2(CCCCC2)CO1. The lowest BCUT2D eigenvalue weighted by Gasteiger charge is -2.31. The summed E-state index contributed by atoms with van der Waals surface area (Å²) < 4.78 is 5.68. The van der Waals surface area contributed by atoms with Crippen molar-refractivity contribution in [2.24, 2.45) is 10.5 Å². The average molecular weight is 195 g/mol. The second kappa shape index (κ2) is 4.20. The summed E-state index contributed by atoms with van der Waals surface area (Å²) in [5, 5.41) is 3.59. The van der Waals surface area contributed by atoms with Gasteiger partial charge < -0.3 is 4.74 Å². The number of rotatable bonds is 2. The van der Waals surface area contributed by atoms with Gasteiger partial charge in [0.2, 0.25) is 0 Å². The first-order valence-corrected chi connectivity index (χ1v) is 5.47. The van der Waals surface area contributed by atoms with Crippen molar-refractivity contribution in [3.05, 3.63) is 10.4 Å². The molecule has 4 nitrogen and oxygen atoms in total. The third kappa shape index (κ3) is 2.02. The fourth-order valence-corrected chi connectivity index (χ4v) is 2.79. The minimum Gasteiger partial charge on any atom is -0.377 e. The zero-order valence-corrected chi connectivity index (χ0v) is 8.48. The monoisotopic (exact) mass is 195 g/mol. The maximum atomic E-state index is 8.23. The van der Waals surface area contributed by atoms with Crippen molar-refractivity contribution < 1.29 is 4.74 Å². The molecule has 1 heterocycles. The Morgan fingerprint density at radius 3 is 2.86 bits per heavy atom. The summed E-state index contributed by atoms with van der Waals surface area (Å²) >= 11 is 0. The van der Waals surface area contributed by atoms with Gasteiger partial charge in [-0.2, -0.15) is 0 Å². The van der Waals surface area contributed by atoms with Crippen molar-refractivity contribution in [3.8, 4) is 0 Å². The summed E-state index contributed by atoms with van der Waals surface area (Å²) in [5.74, 6) is 0. The fraction of sp³-hybridized carbons (Fsp3) is 1.00. The first-order valence-electron chi connectivity index (χ1n) is 5.47. The minimum absolute atomic E-state index is 0.184. The Bertz CT molecular complexity index is 242. The molecule has 1 aliphatic heterocycles. The van der Waals surface area contributed by atoms with E-state index in [-0.39, 0.29) is 6.10 Å². The van der Waals surface area contributed by atoms with Crippen LogP contribution in [0.3, 0.4) is 0 Å². The molecule has 4 heteroatoms. The molecular weight excluding hydrogens is 178 g/mol. The molecule has 0 amide bonds. The van der Waals surface area contributed by atoms with Gasteiger partial charge in [0, 0.05) is 4.91 Å². The van der Waals surface area contributed by atoms with E-state index in [4.69, 9.17) is 10.3 Å². The van der Waals surface area contributed by atoms with Crippen LogP contribution in [-0.2, 0) is 4.74 Å². The van der Waals surface area contributed by atoms with Gasteiger partial charge >= 0.3 is 0 Å². The highest BCUT2D eigenvalue weighted by atomic mass is 16.5. The molecular formula is C10H17N3O. The Balaban J connectivity index is 1.88. The molecule has 2 aliphatic rings. The van der Waals surface area contributed by atoms with Crippen molar-refractivity contribution >= 4 is 0 Å². The summed E-state index contributed by atoms with van der Waals surface area (Å²) in [6.07, 6.45) is 7.97. The number of nitrogens with zero attached hydrogens (tertiary/aromatic N) is 3. The summed E-state index contributed by atoms with van der Waals surface area (Å²) in [6.45, 7) is 1.40. The van der Waals surface area contributed by atoms with E-state index in [0.29, 0.717) is 12.0 Å². The minimum atomic E-state index is 0.184. The highest BCUT2D eigenvalue weighted by Crippen LogP contribution is 2.44. The third-order valence-corrected chi connectivity index (χ3v) is 3.55. The number of ether oxygens (including phenoxy) is 1. The molecule has 0 aromatic carbocycles. The summed E-state index contributed by atoms with van der Waals surface area (Å²) in [6, 6.07) is 0. The zero-order valence-electron chi connectivity index (χ0n) is 8.48. The maximum Gasteiger partial charge on any atom is 0.0637 e. The average Bonchev–Trinajstić information content (AvgIpc) is 2.60. The van der Waals surface area contributed by atoms with Gasteiger partial charge in [-0.05, 0) is 30.2 Å². The first-order chi connectivity index (χ1) is 6.85. The van der Waals surface area contributed by atoms with Crippen LogP contribution in [0.15, 0.2) is 5.11 Å². The van der Waals surface area contributed by atoms with Gasteiger partial charge in [0.15, 0.2) is 0 Å². The van der Waals surface area contributed by atoms with E-state index in [1.165, 1.54) is 32.1 Å². The number of hydrogen-bond acceptors (Lipinski definition) is 2. The number of azide groups is 1. The molecule has 0 aromatic heterocycles. The molecule has 1 saturated carbocycles. The van der Waals surface area contributed by atoms with Gasteiger partial charge in [0.25, 0.3) is 0 Å². The van der Waals surface area contributed by atoms with Gasteiger partial charge in [-0.25, -0.2) is 0 Å². The van der Waals surface area contributed by atoms with Gasteiger partial charge in [-0.15, -0.1) is 0 Å². The molecule has 1 spiro atoms. The second-order valence-electron chi connectivity index (χ2n) is 4.61. The Morgan fingerprint density at radius 2 is 2.14 bits per heavy atom. The Hall–Kier alpha value is -0.730. The van der Waals surface area contributed by atoms with Crippen LogP contribution in [0.5, 0.6) is 0 Å². The summed E-state index contributed by atoms with van der Waals surface area (Å²) in [4.78, 5) is 2.78. The largest absolute Gasteiger partial charge is 0.377 e. The Labute approximate surface area is 84.3 Å². The lowest BCUT2D eigenvalue weighted by atomic mass is 9.73. The zero-order chi connectivity index (χ0) is 9.86. The van der Waals surface area contributed by atoms with Crippen LogP contribution in [-0.4, -0.2) is 19.3 Å². The highest BCUT2D eigenvalue weighted by molar-refractivity contribution is 4.90. The number of hydrogen-bond donors (Lipinski definition) is 0. The predicted octanol–water partition coefficient (Wildman–Crippen LogP) is 3.04. The van der Waals surface area contributed by atoms with E-state index >= 15 is 0 Å². The van der Waals surface area contributed by atoms with E-state index in [2.05, 4.69) is 10.0 Å². The van der Waals surface area contributed by atoms with Crippen LogP contribution in [0.1, 0.15) is 38.5 Å². The topological polar surface area (TPSA) is 58.0 Å². The molecule has 1 unspecified atom stereocenters. The third-order valence-electron chi connectivity index (χ3n) is 3.55. The normalized spacial score (nSPS) is 30.1. The summed E-state index contributed by atoms with van der Waals surface area (Å²) in [7, 11) is 0. The molecule has 0 radical (unpaired) electrons. The van der Waals surface area contributed by atoms with Crippen molar-refractivity contribution in [2.75, 3.05) is 13.2 Å². The van der Waals surface area contributed by atoms with Gasteiger partial charge in [0.05, 0.1) is 19.3 Å². The van der Waals surface area contributed by atoms with E-state index in [0.717, 1.165) is 13.0 Å². The maximum absolute atomic E-state index is 8.23. The molecule has 1 aliphatic carbocycles. The predicted molar refractivity (Wildman–Crippen MR) is 53.9 cm³/mol. The van der Waals surface area contributed by atoms with Crippen molar-refractivity contribution in [1.82, 2.24) is 0 Å². The molecule has 1 saturated heterocycles. The standard InChI is InChI=1S/C10H17N3O/c11-13-12-7-9-6-10(8-14-9)4-2-1-3-5-10/h9H,1-8H2. The highest BCUT2D eigenvalue weighted by Gasteiger charge is 2.40. The molecule has 0 N–H and O–H groups in total. The van der Waals surface area contributed by atoms with Crippen molar-refractivity contribution in [1.29, 1.82) is 0 Å². The van der Waals surface area contributed by atoms with E-state index in [1.54, 1.807) is 0 Å². The second-order valence-corrected chi connectivity index (χ2v) is 4.61. The van der Waals surface area contributed by atoms with Crippen LogP contribution >= 0.6 is 0 Å². The quantitative estimate of drug-likeness (QED) is 0.379. The first kappa shape index (κ1) is 9.81. The smallest absolute Gasteiger partial charge is 0.0637 e. The fourth-order valence-electron chi connectivity index (χ4n) is 2.79. The molecule has 2 fully saturated rings. The van der Waals surface area contributed by atoms with E-state index < -0.39 is 0 Å². The molecule has 0 bridgehead atoms. The molecule has 14 heavy (non-hydrogen) atoms. The van der Waals surface area contributed by atoms with Crippen molar-refractivity contribution in [2.45, 2.75) is 44.6 Å². The lowest BCUT2D eigenvalue weighted by molar-refractivity contribution is 0.0882. The molecule has 2 rings (SSSR count). The molecule has 78 valence electrons. The molecule has 0 aromatic rings. The van der Waals surface area contributed by atoms with Gasteiger partial charge in [-0.1, -0.05) is 24.4 Å². The van der Waals surface area contributed by atoms with Gasteiger partial charge in [-0.3, -0.25) is 0 Å². The van der Waals surface area contributed by atoms with Crippen LogP contribution in [0.25, 0.3) is 10.4 Å². The van der Waals surface area contributed by atoms with Crippen LogP contribution in [0.2, 0.25) is 0 Å². The van der Waals surface area contributed by atoms with E-state index in [1.807, 2.05) is 0 Å². The van der Waals surface area contributed by atoms with E-state index in [9.17, 15) is 0 Å². The van der Waals surface area contributed by atoms with Crippen LogP contribution in [0.4, 0.5) is 0 Å². The lowest BCUT2D eigenvalue weighted by Crippen LogP contribution is -2.24. The molecule has 1 atom stereocenters. The Morgan fingerprint density at radius 1 is 1.36 bits per heavy atom. The Kier molecular flexibility index (Phi) is 2.94. The van der Waals surface area contributed by atoms with Crippen LogP contribution < -0.4 is 0 Å².